The van der Waals surface area contributed by atoms with Gasteiger partial charge in [-0.2, -0.15) is 4.39 Å². The van der Waals surface area contributed by atoms with E-state index in [-0.39, 0.29) is 12.2 Å². The lowest BCUT2D eigenvalue weighted by atomic mass is 10.0. The van der Waals surface area contributed by atoms with Crippen LogP contribution in [0, 0.1) is 11.6 Å². The first kappa shape index (κ1) is 15.3. The van der Waals surface area contributed by atoms with Crippen LogP contribution < -0.4 is 4.74 Å². The van der Waals surface area contributed by atoms with Crippen molar-refractivity contribution in [2.24, 2.45) is 0 Å². The Bertz CT molecular complexity index is 464. The SMILES string of the molecule is CCOC(=O)[C@H](O)[C@@H](O)c1ccc(F)c(F)c1OC. The number of aliphatic hydroxyl groups excluding tert-OH is 2. The van der Waals surface area contributed by atoms with Crippen LogP contribution in [-0.2, 0) is 9.53 Å². The molecule has 0 aliphatic rings. The molecular weight excluding hydrogens is 262 g/mol. The average Bonchev–Trinajstić information content (AvgIpc) is 2.40. The molecule has 0 aliphatic heterocycles. The number of esters is 1. The average molecular weight is 276 g/mol. The minimum Gasteiger partial charge on any atom is -0.493 e. The molecule has 1 rings (SSSR count). The summed E-state index contributed by atoms with van der Waals surface area (Å²) in [6, 6.07) is 1.78. The molecule has 2 atom stereocenters. The fourth-order valence-corrected chi connectivity index (χ4v) is 1.51. The number of carbonyl (C=O) groups is 1. The van der Waals surface area contributed by atoms with Crippen molar-refractivity contribution in [2.75, 3.05) is 13.7 Å². The lowest BCUT2D eigenvalue weighted by molar-refractivity contribution is -0.159. The van der Waals surface area contributed by atoms with E-state index in [0.717, 1.165) is 19.2 Å². The maximum absolute atomic E-state index is 13.4. The lowest BCUT2D eigenvalue weighted by Gasteiger charge is -2.19. The second-order valence-electron chi connectivity index (χ2n) is 3.63. The van der Waals surface area contributed by atoms with E-state index < -0.39 is 35.6 Å². The normalized spacial score (nSPS) is 13.8. The van der Waals surface area contributed by atoms with Gasteiger partial charge in [0, 0.05) is 5.56 Å². The van der Waals surface area contributed by atoms with Crippen molar-refractivity contribution in [1.29, 1.82) is 0 Å². The molecule has 5 nitrogen and oxygen atoms in total. The molecule has 0 bridgehead atoms. The molecule has 1 aromatic rings. The Balaban J connectivity index is 3.09. The highest BCUT2D eigenvalue weighted by molar-refractivity contribution is 5.75. The van der Waals surface area contributed by atoms with E-state index >= 15 is 0 Å². The minimum absolute atomic E-state index is 0.0114. The largest absolute Gasteiger partial charge is 0.493 e. The Hall–Kier alpha value is -1.73. The number of hydrogen-bond acceptors (Lipinski definition) is 5. The summed E-state index contributed by atoms with van der Waals surface area (Å²) < 4.78 is 35.6. The summed E-state index contributed by atoms with van der Waals surface area (Å²) in [5.74, 6) is -4.12. The zero-order chi connectivity index (χ0) is 14.6. The molecule has 0 amide bonds. The highest BCUT2D eigenvalue weighted by atomic mass is 19.2. The minimum atomic E-state index is -1.92. The van der Waals surface area contributed by atoms with Crippen LogP contribution in [0.1, 0.15) is 18.6 Å². The van der Waals surface area contributed by atoms with Crippen LogP contribution in [0.4, 0.5) is 8.78 Å². The zero-order valence-electron chi connectivity index (χ0n) is 10.4. The van der Waals surface area contributed by atoms with Gasteiger partial charge in [-0.05, 0) is 19.1 Å². The van der Waals surface area contributed by atoms with Crippen LogP contribution in [0.25, 0.3) is 0 Å². The molecule has 0 spiro atoms. The first-order chi connectivity index (χ1) is 8.93. The number of hydrogen-bond donors (Lipinski definition) is 2. The molecule has 106 valence electrons. The molecule has 2 N–H and O–H groups in total. The Morgan fingerprint density at radius 1 is 1.37 bits per heavy atom. The predicted octanol–water partition coefficient (Wildman–Crippen LogP) is 0.931. The number of methoxy groups -OCH3 is 1. The smallest absolute Gasteiger partial charge is 0.338 e. The van der Waals surface area contributed by atoms with Crippen molar-refractivity contribution in [2.45, 2.75) is 19.1 Å². The predicted molar refractivity (Wildman–Crippen MR) is 60.5 cm³/mol. The van der Waals surface area contributed by atoms with E-state index in [0.29, 0.717) is 0 Å². The Morgan fingerprint density at radius 3 is 2.53 bits per heavy atom. The van der Waals surface area contributed by atoms with E-state index in [4.69, 9.17) is 0 Å². The van der Waals surface area contributed by atoms with Crippen molar-refractivity contribution >= 4 is 5.97 Å². The van der Waals surface area contributed by atoms with Gasteiger partial charge in [0.2, 0.25) is 5.82 Å². The molecule has 0 radical (unpaired) electrons. The summed E-state index contributed by atoms with van der Waals surface area (Å²) in [4.78, 5) is 11.3. The molecule has 0 aromatic heterocycles. The summed E-state index contributed by atoms with van der Waals surface area (Å²) in [6.45, 7) is 1.53. The Kier molecular flexibility index (Phi) is 5.20. The number of benzene rings is 1. The van der Waals surface area contributed by atoms with Crippen molar-refractivity contribution in [3.05, 3.63) is 29.3 Å². The first-order valence-electron chi connectivity index (χ1n) is 5.48. The van der Waals surface area contributed by atoms with Crippen molar-refractivity contribution < 1.29 is 33.3 Å². The molecule has 7 heteroatoms. The highest BCUT2D eigenvalue weighted by Gasteiger charge is 2.30. The highest BCUT2D eigenvalue weighted by Crippen LogP contribution is 2.31. The molecule has 19 heavy (non-hydrogen) atoms. The summed E-state index contributed by atoms with van der Waals surface area (Å²) >= 11 is 0. The van der Waals surface area contributed by atoms with Crippen molar-refractivity contribution in [1.82, 2.24) is 0 Å². The van der Waals surface area contributed by atoms with Crippen LogP contribution >= 0.6 is 0 Å². The first-order valence-corrected chi connectivity index (χ1v) is 5.48. The Morgan fingerprint density at radius 2 is 2.00 bits per heavy atom. The van der Waals surface area contributed by atoms with Gasteiger partial charge in [0.05, 0.1) is 13.7 Å². The van der Waals surface area contributed by atoms with Gasteiger partial charge in [-0.3, -0.25) is 0 Å². The third-order valence-electron chi connectivity index (χ3n) is 2.43. The van der Waals surface area contributed by atoms with Gasteiger partial charge in [0.1, 0.15) is 6.10 Å². The molecule has 0 fully saturated rings. The third-order valence-corrected chi connectivity index (χ3v) is 2.43. The van der Waals surface area contributed by atoms with E-state index in [1.807, 2.05) is 0 Å². The van der Waals surface area contributed by atoms with E-state index in [9.17, 15) is 23.8 Å². The van der Waals surface area contributed by atoms with Gasteiger partial charge in [-0.1, -0.05) is 0 Å². The van der Waals surface area contributed by atoms with Gasteiger partial charge in [-0.25, -0.2) is 9.18 Å². The van der Waals surface area contributed by atoms with E-state index in [2.05, 4.69) is 9.47 Å². The quantitative estimate of drug-likeness (QED) is 0.782. The van der Waals surface area contributed by atoms with Crippen LogP contribution in [-0.4, -0.2) is 36.0 Å². The number of carbonyl (C=O) groups excluding carboxylic acids is 1. The standard InChI is InChI=1S/C12H14F2O5/c1-3-19-12(17)10(16)9(15)6-4-5-7(13)8(14)11(6)18-2/h4-5,9-10,15-16H,3H2,1-2H3/t9-,10+/m0/s1. The second kappa shape index (κ2) is 6.44. The van der Waals surface area contributed by atoms with Gasteiger partial charge >= 0.3 is 5.97 Å². The molecule has 0 heterocycles. The molecule has 0 saturated carbocycles. The van der Waals surface area contributed by atoms with Gasteiger partial charge in [0.25, 0.3) is 0 Å². The topological polar surface area (TPSA) is 76.0 Å². The monoisotopic (exact) mass is 276 g/mol. The third kappa shape index (κ3) is 3.18. The molecular formula is C12H14F2O5. The molecule has 0 saturated heterocycles. The fraction of sp³-hybridized carbons (Fsp3) is 0.417. The van der Waals surface area contributed by atoms with Crippen LogP contribution in [0.3, 0.4) is 0 Å². The number of ether oxygens (including phenoxy) is 2. The number of rotatable bonds is 5. The molecule has 1 aromatic carbocycles. The van der Waals surface area contributed by atoms with E-state index in [1.165, 1.54) is 6.92 Å². The maximum Gasteiger partial charge on any atom is 0.338 e. The lowest BCUT2D eigenvalue weighted by Crippen LogP contribution is -2.30. The van der Waals surface area contributed by atoms with Crippen molar-refractivity contribution in [3.8, 4) is 5.75 Å². The Labute approximate surface area is 108 Å². The number of aliphatic hydroxyl groups is 2. The van der Waals surface area contributed by atoms with Crippen LogP contribution in [0.5, 0.6) is 5.75 Å². The summed E-state index contributed by atoms with van der Waals surface area (Å²) in [5.41, 5.74) is -0.248. The molecule has 0 aliphatic carbocycles. The van der Waals surface area contributed by atoms with Crippen molar-refractivity contribution in [3.63, 3.8) is 0 Å². The summed E-state index contributed by atoms with van der Waals surface area (Å²) in [6.07, 6.45) is -3.71. The van der Waals surface area contributed by atoms with Gasteiger partial charge in [-0.15, -0.1) is 0 Å². The van der Waals surface area contributed by atoms with Crippen LogP contribution in [0.2, 0.25) is 0 Å². The van der Waals surface area contributed by atoms with E-state index in [1.54, 1.807) is 0 Å². The number of halogens is 2. The van der Waals surface area contributed by atoms with Gasteiger partial charge in [0.15, 0.2) is 17.7 Å². The van der Waals surface area contributed by atoms with Crippen LogP contribution in [0.15, 0.2) is 12.1 Å². The second-order valence-corrected chi connectivity index (χ2v) is 3.63. The summed E-state index contributed by atoms with van der Waals surface area (Å²) in [5, 5.41) is 19.3. The molecule has 0 unspecified atom stereocenters. The summed E-state index contributed by atoms with van der Waals surface area (Å²) in [7, 11) is 1.07. The zero-order valence-corrected chi connectivity index (χ0v) is 10.4. The fourth-order valence-electron chi connectivity index (χ4n) is 1.51. The van der Waals surface area contributed by atoms with Gasteiger partial charge < -0.3 is 19.7 Å². The maximum atomic E-state index is 13.4.